The highest BCUT2D eigenvalue weighted by Crippen LogP contribution is 2.16. The largest absolute Gasteiger partial charge is 0.507 e. The minimum Gasteiger partial charge on any atom is -0.507 e. The molecule has 0 spiro atoms. The molecule has 1 aromatic heterocycles. The zero-order valence-electron chi connectivity index (χ0n) is 8.94. The summed E-state index contributed by atoms with van der Waals surface area (Å²) < 4.78 is 25.5. The Bertz CT molecular complexity index is 424. The summed E-state index contributed by atoms with van der Waals surface area (Å²) in [5, 5.41) is 13.4. The minimum atomic E-state index is -3.11. The molecule has 1 rings (SSSR count). The normalized spacial score (nSPS) is 12.2. The lowest BCUT2D eigenvalue weighted by atomic mass is 10.2. The van der Waals surface area contributed by atoms with E-state index >= 15 is 0 Å². The summed E-state index contributed by atoms with van der Waals surface area (Å²) in [6.07, 6.45) is -1.25. The number of hydrogen-bond donors (Lipinski definition) is 1. The zero-order valence-corrected chi connectivity index (χ0v) is 8.94. The van der Waals surface area contributed by atoms with Crippen LogP contribution in [-0.2, 0) is 11.3 Å². The Hall–Kier alpha value is -1.72. The number of halogens is 2. The van der Waals surface area contributed by atoms with Crippen molar-refractivity contribution in [3.8, 4) is 0 Å². The Morgan fingerprint density at radius 2 is 2.31 bits per heavy atom. The second-order valence-electron chi connectivity index (χ2n) is 3.19. The van der Waals surface area contributed by atoms with Crippen molar-refractivity contribution in [3.63, 3.8) is 0 Å². The lowest BCUT2D eigenvalue weighted by Crippen LogP contribution is -2.07. The molecule has 6 heteroatoms. The number of rotatable bonds is 4. The number of carbonyl (C=O) groups excluding carboxylic acids is 1. The Kier molecular flexibility index (Phi) is 3.76. The van der Waals surface area contributed by atoms with Gasteiger partial charge >= 0.3 is 0 Å². The fourth-order valence-electron chi connectivity index (χ4n) is 1.29. The van der Waals surface area contributed by atoms with Gasteiger partial charge in [-0.3, -0.25) is 9.48 Å². The van der Waals surface area contributed by atoms with Crippen LogP contribution in [0.5, 0.6) is 0 Å². The molecule has 1 aromatic rings. The van der Waals surface area contributed by atoms with Crippen LogP contribution in [0.2, 0.25) is 0 Å². The van der Waals surface area contributed by atoms with Gasteiger partial charge < -0.3 is 5.11 Å². The van der Waals surface area contributed by atoms with E-state index in [-0.39, 0.29) is 5.56 Å². The number of aromatic nitrogens is 2. The van der Waals surface area contributed by atoms with Gasteiger partial charge in [-0.05, 0) is 13.8 Å². The monoisotopic (exact) mass is 230 g/mol. The summed E-state index contributed by atoms with van der Waals surface area (Å²) in [5.74, 6) is -1.90. The van der Waals surface area contributed by atoms with Gasteiger partial charge in [0, 0.05) is 18.3 Å². The average Bonchev–Trinajstić information content (AvgIpc) is 2.59. The van der Waals surface area contributed by atoms with Crippen LogP contribution in [0.1, 0.15) is 18.2 Å². The third kappa shape index (κ3) is 2.44. The molecule has 0 amide bonds. The summed E-state index contributed by atoms with van der Waals surface area (Å²) in [6.45, 7) is 4.14. The van der Waals surface area contributed by atoms with Crippen LogP contribution in [0, 0.1) is 6.92 Å². The number of hydrogen-bond acceptors (Lipinski definition) is 3. The van der Waals surface area contributed by atoms with Crippen molar-refractivity contribution in [2.24, 2.45) is 0 Å². The lowest BCUT2D eigenvalue weighted by Gasteiger charge is -2.01. The number of alkyl halides is 2. The van der Waals surface area contributed by atoms with Gasteiger partial charge in [-0.25, -0.2) is 8.78 Å². The summed E-state index contributed by atoms with van der Waals surface area (Å²) in [7, 11) is 0. The van der Waals surface area contributed by atoms with E-state index in [1.807, 2.05) is 6.92 Å². The quantitative estimate of drug-likeness (QED) is 0.635. The number of aryl methyl sites for hydroxylation is 1. The molecule has 0 aliphatic rings. The Morgan fingerprint density at radius 3 is 2.75 bits per heavy atom. The fraction of sp³-hybridized carbons (Fsp3) is 0.400. The van der Waals surface area contributed by atoms with E-state index in [9.17, 15) is 18.7 Å². The van der Waals surface area contributed by atoms with Crippen LogP contribution in [0.15, 0.2) is 12.3 Å². The molecule has 4 nitrogen and oxygen atoms in total. The molecule has 0 bridgehead atoms. The molecule has 0 saturated carbocycles. The van der Waals surface area contributed by atoms with E-state index in [0.29, 0.717) is 18.3 Å². The molecule has 16 heavy (non-hydrogen) atoms. The number of carbonyl (C=O) groups is 1. The third-order valence-electron chi connectivity index (χ3n) is 2.17. The standard InChI is InChI=1S/C10H12F2N2O2/c1-3-14-6(2)7(5-13-14)8(15)4-9(16)10(11)12/h4-5,10,15H,3H2,1-2H3/b8-4-. The number of nitrogens with zero attached hydrogens (tertiary/aromatic N) is 2. The summed E-state index contributed by atoms with van der Waals surface area (Å²) >= 11 is 0. The molecule has 0 unspecified atom stereocenters. The van der Waals surface area contributed by atoms with E-state index in [4.69, 9.17) is 0 Å². The molecule has 88 valence electrons. The zero-order chi connectivity index (χ0) is 12.3. The molecule has 0 aliphatic carbocycles. The highest BCUT2D eigenvalue weighted by Gasteiger charge is 2.16. The van der Waals surface area contributed by atoms with E-state index < -0.39 is 18.0 Å². The van der Waals surface area contributed by atoms with Crippen LogP contribution in [-0.4, -0.2) is 27.1 Å². The Labute approximate surface area is 91.2 Å². The maximum absolute atomic E-state index is 12.0. The van der Waals surface area contributed by atoms with Gasteiger partial charge in [0.05, 0.1) is 11.8 Å². The summed E-state index contributed by atoms with van der Waals surface area (Å²) in [5.41, 5.74) is 0.911. The minimum absolute atomic E-state index is 0.288. The lowest BCUT2D eigenvalue weighted by molar-refractivity contribution is -0.124. The van der Waals surface area contributed by atoms with Crippen molar-refractivity contribution in [3.05, 3.63) is 23.5 Å². The van der Waals surface area contributed by atoms with E-state index in [1.165, 1.54) is 6.20 Å². The van der Waals surface area contributed by atoms with Gasteiger partial charge in [0.25, 0.3) is 6.43 Å². The van der Waals surface area contributed by atoms with Crippen molar-refractivity contribution in [1.29, 1.82) is 0 Å². The molecular formula is C10H12F2N2O2. The van der Waals surface area contributed by atoms with Crippen LogP contribution < -0.4 is 0 Å². The van der Waals surface area contributed by atoms with Crippen molar-refractivity contribution >= 4 is 11.5 Å². The van der Waals surface area contributed by atoms with Gasteiger partial charge in [-0.2, -0.15) is 5.10 Å². The van der Waals surface area contributed by atoms with Crippen molar-refractivity contribution < 1.29 is 18.7 Å². The van der Waals surface area contributed by atoms with Gasteiger partial charge in [0.15, 0.2) is 0 Å². The van der Waals surface area contributed by atoms with E-state index in [2.05, 4.69) is 5.10 Å². The van der Waals surface area contributed by atoms with Gasteiger partial charge in [0.1, 0.15) is 5.76 Å². The van der Waals surface area contributed by atoms with Gasteiger partial charge in [-0.15, -0.1) is 0 Å². The van der Waals surface area contributed by atoms with Crippen molar-refractivity contribution in [2.45, 2.75) is 26.8 Å². The maximum atomic E-state index is 12.0. The predicted octanol–water partition coefficient (Wildman–Crippen LogP) is 1.94. The number of aliphatic hydroxyl groups excluding tert-OH is 1. The molecule has 1 N–H and O–H groups in total. The first kappa shape index (κ1) is 12.4. The van der Waals surface area contributed by atoms with E-state index in [1.54, 1.807) is 11.6 Å². The fourth-order valence-corrected chi connectivity index (χ4v) is 1.29. The second kappa shape index (κ2) is 4.87. The van der Waals surface area contributed by atoms with Crippen LogP contribution in [0.25, 0.3) is 5.76 Å². The smallest absolute Gasteiger partial charge is 0.300 e. The highest BCUT2D eigenvalue weighted by atomic mass is 19.3. The topological polar surface area (TPSA) is 55.1 Å². The van der Waals surface area contributed by atoms with Crippen LogP contribution >= 0.6 is 0 Å². The van der Waals surface area contributed by atoms with E-state index in [0.717, 1.165) is 0 Å². The molecule has 0 fully saturated rings. The third-order valence-corrected chi connectivity index (χ3v) is 2.17. The first-order chi connectivity index (χ1) is 7.47. The number of allylic oxidation sites excluding steroid dienone is 1. The van der Waals surface area contributed by atoms with Crippen molar-refractivity contribution in [1.82, 2.24) is 9.78 Å². The molecule has 0 radical (unpaired) electrons. The molecule has 0 aliphatic heterocycles. The molecule has 0 saturated heterocycles. The molecule has 0 aromatic carbocycles. The van der Waals surface area contributed by atoms with Gasteiger partial charge in [0.2, 0.25) is 5.78 Å². The average molecular weight is 230 g/mol. The molecular weight excluding hydrogens is 218 g/mol. The summed E-state index contributed by atoms with van der Waals surface area (Å²) in [4.78, 5) is 10.7. The molecule has 1 heterocycles. The predicted molar refractivity (Wildman–Crippen MR) is 54.3 cm³/mol. The maximum Gasteiger partial charge on any atom is 0.300 e. The SMILES string of the molecule is CCn1ncc(/C(O)=C/C(=O)C(F)F)c1C. The summed E-state index contributed by atoms with van der Waals surface area (Å²) in [6, 6.07) is 0. The number of aliphatic hydroxyl groups is 1. The second-order valence-corrected chi connectivity index (χ2v) is 3.19. The van der Waals surface area contributed by atoms with Crippen molar-refractivity contribution in [2.75, 3.05) is 0 Å². The first-order valence-corrected chi connectivity index (χ1v) is 4.72. The molecule has 0 atom stereocenters. The highest BCUT2D eigenvalue weighted by molar-refractivity contribution is 5.97. The van der Waals surface area contributed by atoms with Crippen LogP contribution in [0.3, 0.4) is 0 Å². The van der Waals surface area contributed by atoms with Gasteiger partial charge in [-0.1, -0.05) is 0 Å². The Balaban J connectivity index is 3.00. The first-order valence-electron chi connectivity index (χ1n) is 4.72. The number of ketones is 1. The van der Waals surface area contributed by atoms with Crippen LogP contribution in [0.4, 0.5) is 8.78 Å². The Morgan fingerprint density at radius 1 is 1.69 bits per heavy atom.